The van der Waals surface area contributed by atoms with Crippen LogP contribution in [0.15, 0.2) is 45.8 Å². The quantitative estimate of drug-likeness (QED) is 0.802. The average Bonchev–Trinajstić information content (AvgIpc) is 2.36. The van der Waals surface area contributed by atoms with Crippen molar-refractivity contribution >= 4 is 48.9 Å². The molecule has 0 heterocycles. The van der Waals surface area contributed by atoms with Crippen molar-refractivity contribution in [3.8, 4) is 0 Å². The zero-order chi connectivity index (χ0) is 14.9. The molecule has 20 heavy (non-hydrogen) atoms. The molecule has 0 saturated heterocycles. The number of hydrogen-bond acceptors (Lipinski definition) is 3. The van der Waals surface area contributed by atoms with Crippen molar-refractivity contribution in [3.05, 3.63) is 51.5 Å². The predicted molar refractivity (Wildman–Crippen MR) is 85.6 cm³/mol. The Morgan fingerprint density at radius 2 is 1.90 bits per heavy atom. The predicted octanol–water partition coefficient (Wildman–Crippen LogP) is 3.79. The van der Waals surface area contributed by atoms with E-state index < -0.39 is 10.0 Å². The van der Waals surface area contributed by atoms with Crippen LogP contribution in [0.25, 0.3) is 0 Å². The van der Waals surface area contributed by atoms with Gasteiger partial charge >= 0.3 is 0 Å². The number of nitrogens with two attached hydrogens (primary N) is 1. The molecule has 0 aliphatic rings. The third kappa shape index (κ3) is 3.26. The fourth-order valence-corrected chi connectivity index (χ4v) is 3.62. The van der Waals surface area contributed by atoms with Crippen molar-refractivity contribution in [2.24, 2.45) is 0 Å². The maximum Gasteiger partial charge on any atom is 0.264 e. The number of anilines is 2. The van der Waals surface area contributed by atoms with Gasteiger partial charge in [0.15, 0.2) is 0 Å². The molecule has 0 amide bonds. The van der Waals surface area contributed by atoms with Gasteiger partial charge in [-0.15, -0.1) is 0 Å². The lowest BCUT2D eigenvalue weighted by molar-refractivity contribution is 0.601. The lowest BCUT2D eigenvalue weighted by Crippen LogP contribution is -2.15. The largest absolute Gasteiger partial charge is 0.398 e. The molecule has 0 unspecified atom stereocenters. The number of benzene rings is 2. The molecule has 7 heteroatoms. The second kappa shape index (κ2) is 5.63. The van der Waals surface area contributed by atoms with Crippen LogP contribution >= 0.6 is 27.5 Å². The first-order valence-corrected chi connectivity index (χ1v) is 8.29. The highest BCUT2D eigenvalue weighted by atomic mass is 79.9. The van der Waals surface area contributed by atoms with Crippen LogP contribution in [0.1, 0.15) is 5.56 Å². The third-order valence-corrected chi connectivity index (χ3v) is 4.88. The second-order valence-corrected chi connectivity index (χ2v) is 7.24. The van der Waals surface area contributed by atoms with Gasteiger partial charge in [0.2, 0.25) is 0 Å². The van der Waals surface area contributed by atoms with E-state index in [0.717, 1.165) is 5.56 Å². The Labute approximate surface area is 131 Å². The highest BCUT2D eigenvalue weighted by molar-refractivity contribution is 9.10. The number of sulfonamides is 1. The minimum absolute atomic E-state index is 0.00412. The standard InChI is InChI=1S/C13H12BrClN2O2S/c1-8-2-4-10(15)12(6-8)17-20(18,19)13-7-9(14)3-5-11(13)16/h2-7,17H,16H2,1H3. The summed E-state index contributed by atoms with van der Waals surface area (Å²) < 4.78 is 27.8. The fraction of sp³-hybridized carbons (Fsp3) is 0.0769. The molecule has 0 fully saturated rings. The Balaban J connectivity index is 2.46. The zero-order valence-electron chi connectivity index (χ0n) is 10.5. The SMILES string of the molecule is Cc1ccc(Cl)c(NS(=O)(=O)c2cc(Br)ccc2N)c1. The lowest BCUT2D eigenvalue weighted by Gasteiger charge is -2.12. The smallest absolute Gasteiger partial charge is 0.264 e. The minimum Gasteiger partial charge on any atom is -0.398 e. The van der Waals surface area contributed by atoms with Crippen LogP contribution in [0, 0.1) is 6.92 Å². The molecule has 0 saturated carbocycles. The molecule has 0 aliphatic carbocycles. The van der Waals surface area contributed by atoms with Gasteiger partial charge in [-0.25, -0.2) is 8.42 Å². The summed E-state index contributed by atoms with van der Waals surface area (Å²) in [5.41, 5.74) is 7.12. The van der Waals surface area contributed by atoms with Crippen LogP contribution in [-0.2, 0) is 10.0 Å². The zero-order valence-corrected chi connectivity index (χ0v) is 13.7. The van der Waals surface area contributed by atoms with Gasteiger partial charge in [-0.05, 0) is 42.8 Å². The van der Waals surface area contributed by atoms with Crippen molar-refractivity contribution in [2.75, 3.05) is 10.5 Å². The van der Waals surface area contributed by atoms with E-state index in [1.807, 2.05) is 6.92 Å². The monoisotopic (exact) mass is 374 g/mol. The Morgan fingerprint density at radius 3 is 2.60 bits per heavy atom. The summed E-state index contributed by atoms with van der Waals surface area (Å²) >= 11 is 9.22. The first-order chi connectivity index (χ1) is 9.29. The topological polar surface area (TPSA) is 72.2 Å². The third-order valence-electron chi connectivity index (χ3n) is 2.63. The molecule has 0 spiro atoms. The summed E-state index contributed by atoms with van der Waals surface area (Å²) in [4.78, 5) is 0.00412. The molecule has 2 aromatic rings. The summed E-state index contributed by atoms with van der Waals surface area (Å²) in [6, 6.07) is 9.74. The van der Waals surface area contributed by atoms with Gasteiger partial charge in [-0.2, -0.15) is 0 Å². The molecule has 106 valence electrons. The highest BCUT2D eigenvalue weighted by Gasteiger charge is 2.19. The van der Waals surface area contributed by atoms with Crippen LogP contribution in [0.3, 0.4) is 0 Å². The van der Waals surface area contributed by atoms with Crippen LogP contribution < -0.4 is 10.5 Å². The van der Waals surface area contributed by atoms with Crippen molar-refractivity contribution < 1.29 is 8.42 Å². The number of nitrogen functional groups attached to an aromatic ring is 1. The number of nitrogens with one attached hydrogen (secondary N) is 1. The first-order valence-electron chi connectivity index (χ1n) is 5.63. The van der Waals surface area contributed by atoms with Crippen molar-refractivity contribution in [1.29, 1.82) is 0 Å². The number of halogens is 2. The second-order valence-electron chi connectivity index (χ2n) is 4.27. The van der Waals surface area contributed by atoms with E-state index in [9.17, 15) is 8.42 Å². The summed E-state index contributed by atoms with van der Waals surface area (Å²) in [5.74, 6) is 0. The van der Waals surface area contributed by atoms with Crippen LogP contribution in [0.5, 0.6) is 0 Å². The fourth-order valence-electron chi connectivity index (χ4n) is 1.66. The Hall–Kier alpha value is -1.24. The summed E-state index contributed by atoms with van der Waals surface area (Å²) in [5, 5.41) is 0.327. The molecule has 0 radical (unpaired) electrons. The number of aryl methyl sites for hydroxylation is 1. The Morgan fingerprint density at radius 1 is 1.20 bits per heavy atom. The van der Waals surface area contributed by atoms with Gasteiger partial charge < -0.3 is 5.73 Å². The normalized spacial score (nSPS) is 11.3. The van der Waals surface area contributed by atoms with Gasteiger partial charge in [0.25, 0.3) is 10.0 Å². The Kier molecular flexibility index (Phi) is 4.27. The number of hydrogen-bond donors (Lipinski definition) is 2. The van der Waals surface area contributed by atoms with Gasteiger partial charge in [-0.3, -0.25) is 4.72 Å². The van der Waals surface area contributed by atoms with Gasteiger partial charge in [0, 0.05) is 4.47 Å². The Bertz CT molecular complexity index is 763. The van der Waals surface area contributed by atoms with Gasteiger partial charge in [0.05, 0.1) is 16.4 Å². The maximum atomic E-state index is 12.4. The van der Waals surface area contributed by atoms with E-state index in [0.29, 0.717) is 15.2 Å². The van der Waals surface area contributed by atoms with E-state index in [2.05, 4.69) is 20.7 Å². The highest BCUT2D eigenvalue weighted by Crippen LogP contribution is 2.28. The molecule has 3 N–H and O–H groups in total. The van der Waals surface area contributed by atoms with Crippen LogP contribution in [0.4, 0.5) is 11.4 Å². The van der Waals surface area contributed by atoms with Crippen LogP contribution in [-0.4, -0.2) is 8.42 Å². The first kappa shape index (κ1) is 15.2. The maximum absolute atomic E-state index is 12.4. The van der Waals surface area contributed by atoms with E-state index in [1.54, 1.807) is 24.3 Å². The molecule has 0 aliphatic heterocycles. The van der Waals surface area contributed by atoms with Crippen molar-refractivity contribution in [2.45, 2.75) is 11.8 Å². The van der Waals surface area contributed by atoms with Gasteiger partial charge in [-0.1, -0.05) is 33.6 Å². The molecule has 0 aromatic heterocycles. The summed E-state index contributed by atoms with van der Waals surface area (Å²) in [7, 11) is -3.80. The van der Waals surface area contributed by atoms with Gasteiger partial charge in [0.1, 0.15) is 4.90 Å². The van der Waals surface area contributed by atoms with Crippen LogP contribution in [0.2, 0.25) is 5.02 Å². The molecular formula is C13H12BrClN2O2S. The molecule has 0 atom stereocenters. The molecular weight excluding hydrogens is 364 g/mol. The molecule has 2 aromatic carbocycles. The summed E-state index contributed by atoms with van der Waals surface area (Å²) in [6.45, 7) is 1.85. The van der Waals surface area contributed by atoms with E-state index in [-0.39, 0.29) is 10.6 Å². The molecule has 0 bridgehead atoms. The van der Waals surface area contributed by atoms with E-state index >= 15 is 0 Å². The van der Waals surface area contributed by atoms with Crippen molar-refractivity contribution in [1.82, 2.24) is 0 Å². The molecule has 2 rings (SSSR count). The van der Waals surface area contributed by atoms with E-state index in [1.165, 1.54) is 12.1 Å². The molecule has 4 nitrogen and oxygen atoms in total. The lowest BCUT2D eigenvalue weighted by atomic mass is 10.2. The van der Waals surface area contributed by atoms with E-state index in [4.69, 9.17) is 17.3 Å². The minimum atomic E-state index is -3.80. The number of rotatable bonds is 3. The average molecular weight is 376 g/mol. The van der Waals surface area contributed by atoms with Crippen molar-refractivity contribution in [3.63, 3.8) is 0 Å². The summed E-state index contributed by atoms with van der Waals surface area (Å²) in [6.07, 6.45) is 0.